The maximum absolute atomic E-state index is 12.1. The fraction of sp³-hybridized carbons (Fsp3) is 0.778. The second-order valence-electron chi connectivity index (χ2n) is 3.76. The smallest absolute Gasteiger partial charge is 0.449 e. The zero-order chi connectivity index (χ0) is 9.90. The molecule has 13 heavy (non-hydrogen) atoms. The quantitative estimate of drug-likeness (QED) is 0.350. The van der Waals surface area contributed by atoms with E-state index in [2.05, 4.69) is 6.92 Å². The molecule has 0 aromatic heterocycles. The van der Waals surface area contributed by atoms with Gasteiger partial charge in [0.1, 0.15) is 0 Å². The molecule has 2 atom stereocenters. The first kappa shape index (κ1) is 10.7. The van der Waals surface area contributed by atoms with E-state index in [4.69, 9.17) is 0 Å². The van der Waals surface area contributed by atoms with Crippen molar-refractivity contribution in [1.29, 1.82) is 0 Å². The van der Waals surface area contributed by atoms with Crippen molar-refractivity contribution in [1.82, 2.24) is 0 Å². The summed E-state index contributed by atoms with van der Waals surface area (Å²) >= 11 is 0. The van der Waals surface area contributed by atoms with Gasteiger partial charge in [-0.25, -0.2) is 0 Å². The molecule has 0 N–H and O–H groups in total. The van der Waals surface area contributed by atoms with Crippen molar-refractivity contribution in [2.75, 3.05) is 0 Å². The van der Waals surface area contributed by atoms with Crippen molar-refractivity contribution in [3.05, 3.63) is 12.2 Å². The number of rotatable bonds is 5. The van der Waals surface area contributed by atoms with Crippen molar-refractivity contribution < 1.29 is 12.9 Å². The summed E-state index contributed by atoms with van der Waals surface area (Å²) in [5, 5.41) is 0. The number of halogens is 3. The van der Waals surface area contributed by atoms with E-state index in [9.17, 15) is 12.9 Å². The molecule has 1 aliphatic carbocycles. The molecule has 1 saturated carbocycles. The summed E-state index contributed by atoms with van der Waals surface area (Å²) in [6.07, 6.45) is 7.06. The van der Waals surface area contributed by atoms with Crippen LogP contribution in [0.25, 0.3) is 0 Å². The van der Waals surface area contributed by atoms with Gasteiger partial charge in [-0.1, -0.05) is 44.2 Å². The Bertz CT molecular complexity index is 186. The summed E-state index contributed by atoms with van der Waals surface area (Å²) in [5.41, 5.74) is 0. The molecule has 0 radical (unpaired) electrons. The van der Waals surface area contributed by atoms with Gasteiger partial charge in [-0.2, -0.15) is 0 Å². The van der Waals surface area contributed by atoms with E-state index in [1.807, 2.05) is 6.08 Å². The van der Waals surface area contributed by atoms with Gasteiger partial charge >= 0.3 is 6.98 Å². The Hall–Kier alpha value is -0.405. The fourth-order valence-electron chi connectivity index (χ4n) is 1.48. The summed E-state index contributed by atoms with van der Waals surface area (Å²) < 4.78 is 36.3. The number of unbranched alkanes of at least 4 members (excludes halogenated alkanes) is 2. The van der Waals surface area contributed by atoms with Gasteiger partial charge in [-0.3, -0.25) is 0 Å². The lowest BCUT2D eigenvalue weighted by Crippen LogP contribution is -2.15. The first-order valence-corrected chi connectivity index (χ1v) is 4.92. The van der Waals surface area contributed by atoms with Crippen molar-refractivity contribution in [2.45, 2.75) is 38.4 Å². The van der Waals surface area contributed by atoms with Crippen molar-refractivity contribution >= 4 is 6.98 Å². The third-order valence-electron chi connectivity index (χ3n) is 2.48. The van der Waals surface area contributed by atoms with Crippen LogP contribution in [-0.2, 0) is 0 Å². The Morgan fingerprint density at radius 1 is 1.38 bits per heavy atom. The largest absolute Gasteiger partial charge is 0.481 e. The molecule has 0 unspecified atom stereocenters. The van der Waals surface area contributed by atoms with E-state index >= 15 is 0 Å². The average molecular weight is 191 g/mol. The third kappa shape index (κ3) is 3.45. The van der Waals surface area contributed by atoms with E-state index in [-0.39, 0.29) is 5.92 Å². The molecule has 76 valence electrons. The van der Waals surface area contributed by atoms with Gasteiger partial charge in [0.2, 0.25) is 0 Å². The highest BCUT2D eigenvalue weighted by Crippen LogP contribution is 2.54. The number of hydrogen-bond donors (Lipinski definition) is 0. The molecular formula is C9H15BF3-. The molecule has 0 bridgehead atoms. The molecule has 1 aliphatic rings. The highest BCUT2D eigenvalue weighted by molar-refractivity contribution is 6.61. The molecule has 0 heterocycles. The molecule has 0 aliphatic heterocycles. The van der Waals surface area contributed by atoms with E-state index < -0.39 is 12.8 Å². The standard InChI is InChI=1S/C9H15BF3/c1-2-3-4-5-6-8-7-9(8)10(11,12)13/h5-6,8-9H,2-4,7H2,1H3/q-1/b6-5+/t8-,9-/m1/s1. The monoisotopic (exact) mass is 191 g/mol. The first-order valence-electron chi connectivity index (χ1n) is 4.92. The maximum atomic E-state index is 12.1. The van der Waals surface area contributed by atoms with E-state index in [1.54, 1.807) is 6.08 Å². The van der Waals surface area contributed by atoms with Crippen LogP contribution in [0.5, 0.6) is 0 Å². The predicted octanol–water partition coefficient (Wildman–Crippen LogP) is 3.97. The maximum Gasteiger partial charge on any atom is 0.481 e. The van der Waals surface area contributed by atoms with Gasteiger partial charge in [-0.15, -0.1) is 0 Å². The van der Waals surface area contributed by atoms with E-state index in [0.29, 0.717) is 6.42 Å². The zero-order valence-corrected chi connectivity index (χ0v) is 7.85. The Kier molecular flexibility index (Phi) is 3.45. The first-order chi connectivity index (χ1) is 6.05. The molecule has 0 aromatic carbocycles. The summed E-state index contributed by atoms with van der Waals surface area (Å²) in [7, 11) is 0. The lowest BCUT2D eigenvalue weighted by Gasteiger charge is -2.11. The zero-order valence-electron chi connectivity index (χ0n) is 7.85. The van der Waals surface area contributed by atoms with Gasteiger partial charge in [0.05, 0.1) is 0 Å². The van der Waals surface area contributed by atoms with Crippen LogP contribution in [0.4, 0.5) is 12.9 Å². The number of hydrogen-bond acceptors (Lipinski definition) is 0. The Labute approximate surface area is 77.3 Å². The lowest BCUT2D eigenvalue weighted by atomic mass is 9.82. The molecule has 0 saturated heterocycles. The van der Waals surface area contributed by atoms with Gasteiger partial charge in [0.25, 0.3) is 0 Å². The number of allylic oxidation sites excluding steroid dienone is 2. The van der Waals surface area contributed by atoms with Crippen molar-refractivity contribution in [3.8, 4) is 0 Å². The topological polar surface area (TPSA) is 0 Å². The molecule has 4 heteroatoms. The van der Waals surface area contributed by atoms with Gasteiger partial charge in [-0.05, 0) is 12.3 Å². The minimum atomic E-state index is -4.57. The van der Waals surface area contributed by atoms with Crippen LogP contribution in [0.3, 0.4) is 0 Å². The van der Waals surface area contributed by atoms with E-state index in [0.717, 1.165) is 19.3 Å². The summed E-state index contributed by atoms with van der Waals surface area (Å²) in [4.78, 5) is 0. The lowest BCUT2D eigenvalue weighted by molar-refractivity contribution is 0.462. The molecule has 1 rings (SSSR count). The van der Waals surface area contributed by atoms with Crippen LogP contribution in [0, 0.1) is 5.92 Å². The SMILES string of the molecule is CCCC/C=C/[C@@H]1C[C@H]1[B-](F)(F)F. The van der Waals surface area contributed by atoms with Crippen LogP contribution in [-0.4, -0.2) is 6.98 Å². The Morgan fingerprint density at radius 2 is 2.08 bits per heavy atom. The Balaban J connectivity index is 2.17. The average Bonchev–Trinajstić information content (AvgIpc) is 2.76. The van der Waals surface area contributed by atoms with Crippen LogP contribution < -0.4 is 0 Å². The van der Waals surface area contributed by atoms with Gasteiger partial charge < -0.3 is 12.9 Å². The molecule has 1 fully saturated rings. The molecule has 0 amide bonds. The van der Waals surface area contributed by atoms with Crippen molar-refractivity contribution in [3.63, 3.8) is 0 Å². The van der Waals surface area contributed by atoms with E-state index in [1.165, 1.54) is 0 Å². The van der Waals surface area contributed by atoms with Gasteiger partial charge in [0.15, 0.2) is 0 Å². The van der Waals surface area contributed by atoms with Gasteiger partial charge in [0, 0.05) is 0 Å². The van der Waals surface area contributed by atoms with Crippen LogP contribution in [0.1, 0.15) is 32.6 Å². The second kappa shape index (κ2) is 4.20. The minimum absolute atomic E-state index is 0.197. The predicted molar refractivity (Wildman–Crippen MR) is 49.6 cm³/mol. The normalized spacial score (nSPS) is 28.3. The summed E-state index contributed by atoms with van der Waals surface area (Å²) in [6.45, 7) is -2.50. The highest BCUT2D eigenvalue weighted by atomic mass is 19.4. The Morgan fingerprint density at radius 3 is 2.54 bits per heavy atom. The second-order valence-corrected chi connectivity index (χ2v) is 3.76. The molecule has 0 nitrogen and oxygen atoms in total. The molecule has 0 spiro atoms. The van der Waals surface area contributed by atoms with Crippen LogP contribution in [0.2, 0.25) is 5.82 Å². The van der Waals surface area contributed by atoms with Crippen LogP contribution in [0.15, 0.2) is 12.2 Å². The fourth-order valence-corrected chi connectivity index (χ4v) is 1.48. The molecular weight excluding hydrogens is 176 g/mol. The molecule has 0 aromatic rings. The van der Waals surface area contributed by atoms with Crippen molar-refractivity contribution in [2.24, 2.45) is 5.92 Å². The summed E-state index contributed by atoms with van der Waals surface area (Å²) in [6, 6.07) is 0. The third-order valence-corrected chi connectivity index (χ3v) is 2.48. The summed E-state index contributed by atoms with van der Waals surface area (Å²) in [5.74, 6) is -1.19. The minimum Gasteiger partial charge on any atom is -0.449 e. The van der Waals surface area contributed by atoms with Crippen LogP contribution >= 0.6 is 0 Å². The highest BCUT2D eigenvalue weighted by Gasteiger charge is 2.49.